The molecule has 0 radical (unpaired) electrons. The number of nitrogens with one attached hydrogen (secondary N) is 2. The highest BCUT2D eigenvalue weighted by Gasteiger charge is 2.16. The maximum atomic E-state index is 10.8. The third-order valence-corrected chi connectivity index (χ3v) is 4.34. The summed E-state index contributed by atoms with van der Waals surface area (Å²) in [6, 6.07) is 5.78. The highest BCUT2D eigenvalue weighted by atomic mass is 16.4. The lowest BCUT2D eigenvalue weighted by molar-refractivity contribution is -0.134. The van der Waals surface area contributed by atoms with E-state index in [9.17, 15) is 4.79 Å². The summed E-state index contributed by atoms with van der Waals surface area (Å²) < 4.78 is 0. The summed E-state index contributed by atoms with van der Waals surface area (Å²) in [6.07, 6.45) is 5.98. The second-order valence-corrected chi connectivity index (χ2v) is 6.04. The summed E-state index contributed by atoms with van der Waals surface area (Å²) in [4.78, 5) is 20.6. The van der Waals surface area contributed by atoms with Gasteiger partial charge >= 0.3 is 5.97 Å². The molecular formula is C17H18N6O2. The van der Waals surface area contributed by atoms with Crippen LogP contribution in [-0.4, -0.2) is 50.9 Å². The van der Waals surface area contributed by atoms with Gasteiger partial charge in [0.2, 0.25) is 0 Å². The molecule has 0 spiro atoms. The zero-order valence-electron chi connectivity index (χ0n) is 13.6. The van der Waals surface area contributed by atoms with Gasteiger partial charge < -0.3 is 20.3 Å². The number of aromatic amines is 1. The van der Waals surface area contributed by atoms with Crippen LogP contribution in [0.25, 0.3) is 22.3 Å². The average molecular weight is 338 g/mol. The van der Waals surface area contributed by atoms with Crippen LogP contribution >= 0.6 is 0 Å². The van der Waals surface area contributed by atoms with Crippen molar-refractivity contribution >= 4 is 28.5 Å². The molecular weight excluding hydrogens is 320 g/mol. The molecule has 0 unspecified atom stereocenters. The molecule has 25 heavy (non-hydrogen) atoms. The molecule has 3 aromatic rings. The van der Waals surface area contributed by atoms with Crippen LogP contribution in [0.1, 0.15) is 12.8 Å². The molecule has 0 bridgehead atoms. The Labute approximate surface area is 143 Å². The van der Waals surface area contributed by atoms with E-state index in [0.717, 1.165) is 35.4 Å². The van der Waals surface area contributed by atoms with Gasteiger partial charge in [-0.3, -0.25) is 4.79 Å². The van der Waals surface area contributed by atoms with Gasteiger partial charge in [0.25, 0.3) is 0 Å². The van der Waals surface area contributed by atoms with E-state index in [0.29, 0.717) is 11.5 Å². The van der Waals surface area contributed by atoms with E-state index in [1.807, 2.05) is 18.2 Å². The molecule has 128 valence electrons. The lowest BCUT2D eigenvalue weighted by atomic mass is 10.1. The van der Waals surface area contributed by atoms with Gasteiger partial charge in [-0.15, -0.1) is 0 Å². The molecule has 8 nitrogen and oxygen atoms in total. The molecule has 1 fully saturated rings. The third kappa shape index (κ3) is 3.10. The number of hydrogen-bond donors (Lipinski definition) is 3. The zero-order valence-corrected chi connectivity index (χ0v) is 13.6. The largest absolute Gasteiger partial charge is 0.480 e. The van der Waals surface area contributed by atoms with Crippen molar-refractivity contribution in [1.82, 2.24) is 20.2 Å². The monoisotopic (exact) mass is 338 g/mol. The first-order chi connectivity index (χ1) is 12.2. The minimum Gasteiger partial charge on any atom is -0.480 e. The minimum absolute atomic E-state index is 0.196. The van der Waals surface area contributed by atoms with E-state index in [1.54, 1.807) is 12.4 Å². The van der Waals surface area contributed by atoms with Gasteiger partial charge in [-0.05, 0) is 31.0 Å². The molecule has 0 aromatic carbocycles. The average Bonchev–Trinajstić information content (AvgIpc) is 3.30. The van der Waals surface area contributed by atoms with Crippen molar-refractivity contribution in [3.05, 3.63) is 30.6 Å². The quantitative estimate of drug-likeness (QED) is 0.654. The first-order valence-electron chi connectivity index (χ1n) is 8.22. The van der Waals surface area contributed by atoms with E-state index in [2.05, 4.69) is 30.4 Å². The van der Waals surface area contributed by atoms with Crippen LogP contribution in [0.2, 0.25) is 0 Å². The number of H-pyrrole nitrogens is 1. The van der Waals surface area contributed by atoms with Crippen LogP contribution in [0.15, 0.2) is 30.6 Å². The molecule has 4 heterocycles. The van der Waals surface area contributed by atoms with Crippen molar-refractivity contribution in [1.29, 1.82) is 0 Å². The molecule has 0 saturated carbocycles. The predicted molar refractivity (Wildman–Crippen MR) is 94.7 cm³/mol. The summed E-state index contributed by atoms with van der Waals surface area (Å²) in [5.41, 5.74) is 3.35. The van der Waals surface area contributed by atoms with Gasteiger partial charge in [0.05, 0.1) is 17.6 Å². The van der Waals surface area contributed by atoms with E-state index in [-0.39, 0.29) is 6.54 Å². The Bertz CT molecular complexity index is 916. The van der Waals surface area contributed by atoms with Gasteiger partial charge in [0, 0.05) is 30.2 Å². The standard InChI is InChI=1S/C17H18N6O2/c24-16(25)10-19-15-8-13(12-3-4-18-17(12)21-15)14-7-11(9-20-22-14)23-5-1-2-6-23/h3-4,7-9H,1-2,5-6,10H2,(H,24,25)(H2,18,19,21). The molecule has 1 aliphatic rings. The van der Waals surface area contributed by atoms with Crippen LogP contribution in [0.5, 0.6) is 0 Å². The van der Waals surface area contributed by atoms with Gasteiger partial charge in [-0.2, -0.15) is 10.2 Å². The maximum absolute atomic E-state index is 10.8. The number of pyridine rings is 1. The molecule has 0 aliphatic carbocycles. The van der Waals surface area contributed by atoms with E-state index in [4.69, 9.17) is 5.11 Å². The molecule has 0 atom stereocenters. The number of carbonyl (C=O) groups is 1. The number of carboxylic acid groups (broad SMARTS) is 1. The first kappa shape index (κ1) is 15.4. The van der Waals surface area contributed by atoms with Crippen LogP contribution in [0, 0.1) is 0 Å². The van der Waals surface area contributed by atoms with E-state index in [1.165, 1.54) is 12.8 Å². The summed E-state index contributed by atoms with van der Waals surface area (Å²) in [5.74, 6) is -0.452. The Morgan fingerprint density at radius 2 is 2.16 bits per heavy atom. The second-order valence-electron chi connectivity index (χ2n) is 6.04. The fourth-order valence-corrected chi connectivity index (χ4v) is 3.14. The van der Waals surface area contributed by atoms with Gasteiger partial charge in [0.1, 0.15) is 18.0 Å². The predicted octanol–water partition coefficient (Wildman–Crippen LogP) is 2.12. The van der Waals surface area contributed by atoms with E-state index < -0.39 is 5.97 Å². The van der Waals surface area contributed by atoms with Gasteiger partial charge in [-0.25, -0.2) is 4.98 Å². The normalized spacial score (nSPS) is 14.2. The summed E-state index contributed by atoms with van der Waals surface area (Å²) in [7, 11) is 0. The fraction of sp³-hybridized carbons (Fsp3) is 0.294. The number of carboxylic acids is 1. The number of nitrogens with zero attached hydrogens (tertiary/aromatic N) is 4. The fourth-order valence-electron chi connectivity index (χ4n) is 3.14. The maximum Gasteiger partial charge on any atom is 0.322 e. The summed E-state index contributed by atoms with van der Waals surface area (Å²) in [6.45, 7) is 1.87. The Morgan fingerprint density at radius 1 is 1.32 bits per heavy atom. The van der Waals surface area contributed by atoms with Crippen LogP contribution in [-0.2, 0) is 4.79 Å². The number of aliphatic carboxylic acids is 1. The van der Waals surface area contributed by atoms with Crippen molar-refractivity contribution in [2.24, 2.45) is 0 Å². The number of anilines is 2. The highest BCUT2D eigenvalue weighted by Crippen LogP contribution is 2.30. The summed E-state index contributed by atoms with van der Waals surface area (Å²) >= 11 is 0. The summed E-state index contributed by atoms with van der Waals surface area (Å²) in [5, 5.41) is 21.1. The third-order valence-electron chi connectivity index (χ3n) is 4.34. The van der Waals surface area contributed by atoms with Crippen LogP contribution in [0.3, 0.4) is 0 Å². The Morgan fingerprint density at radius 3 is 2.96 bits per heavy atom. The molecule has 1 saturated heterocycles. The smallest absolute Gasteiger partial charge is 0.322 e. The first-order valence-corrected chi connectivity index (χ1v) is 8.22. The minimum atomic E-state index is -0.939. The lowest BCUT2D eigenvalue weighted by Crippen LogP contribution is -2.18. The number of fused-ring (bicyclic) bond motifs is 1. The SMILES string of the molecule is O=C(O)CNc1cc(-c2cc(N3CCCC3)cnn2)c2cc[nH]c2n1. The highest BCUT2D eigenvalue weighted by molar-refractivity contribution is 5.94. The van der Waals surface area contributed by atoms with Crippen molar-refractivity contribution < 1.29 is 9.90 Å². The molecule has 0 amide bonds. The van der Waals surface area contributed by atoms with E-state index >= 15 is 0 Å². The lowest BCUT2D eigenvalue weighted by Gasteiger charge is -2.17. The van der Waals surface area contributed by atoms with Crippen molar-refractivity contribution in [3.8, 4) is 11.3 Å². The number of hydrogen-bond acceptors (Lipinski definition) is 6. The Hall–Kier alpha value is -3.16. The molecule has 3 N–H and O–H groups in total. The number of rotatable bonds is 5. The second kappa shape index (κ2) is 6.39. The van der Waals surface area contributed by atoms with Crippen LogP contribution < -0.4 is 10.2 Å². The topological polar surface area (TPSA) is 107 Å². The van der Waals surface area contributed by atoms with Gasteiger partial charge in [0.15, 0.2) is 0 Å². The van der Waals surface area contributed by atoms with Crippen molar-refractivity contribution in [2.45, 2.75) is 12.8 Å². The Balaban J connectivity index is 1.75. The van der Waals surface area contributed by atoms with Gasteiger partial charge in [-0.1, -0.05) is 0 Å². The number of aromatic nitrogens is 4. The zero-order chi connectivity index (χ0) is 17.2. The molecule has 4 rings (SSSR count). The molecule has 1 aliphatic heterocycles. The van der Waals surface area contributed by atoms with Crippen LogP contribution in [0.4, 0.5) is 11.5 Å². The molecule has 3 aromatic heterocycles. The Kier molecular flexibility index (Phi) is 3.93. The van der Waals surface area contributed by atoms with Crippen molar-refractivity contribution in [3.63, 3.8) is 0 Å². The molecule has 8 heteroatoms. The van der Waals surface area contributed by atoms with Crippen molar-refractivity contribution in [2.75, 3.05) is 29.9 Å².